The number of nitrogens with one attached hydrogen (secondary N) is 3. The van der Waals surface area contributed by atoms with Crippen molar-refractivity contribution in [1.29, 1.82) is 0 Å². The predicted molar refractivity (Wildman–Crippen MR) is 74.8 cm³/mol. The minimum absolute atomic E-state index is 0.0186. The summed E-state index contributed by atoms with van der Waals surface area (Å²) in [6, 6.07) is 0.482. The summed E-state index contributed by atoms with van der Waals surface area (Å²) in [5, 5.41) is 8.83. The zero-order chi connectivity index (χ0) is 14.1. The molecule has 0 spiro atoms. The molecule has 1 aliphatic rings. The number of hydrogen-bond acceptors (Lipinski definition) is 4. The summed E-state index contributed by atoms with van der Waals surface area (Å²) in [6.45, 7) is 4.96. The number of hydrogen-bond donors (Lipinski definition) is 3. The summed E-state index contributed by atoms with van der Waals surface area (Å²) in [6.07, 6.45) is 3.40. The Kier molecular flexibility index (Phi) is 7.43. The highest BCUT2D eigenvalue weighted by molar-refractivity contribution is 5.78. The van der Waals surface area contributed by atoms with E-state index in [-0.39, 0.29) is 11.8 Å². The lowest BCUT2D eigenvalue weighted by molar-refractivity contribution is -0.123. The van der Waals surface area contributed by atoms with E-state index in [9.17, 15) is 9.59 Å². The van der Waals surface area contributed by atoms with Gasteiger partial charge in [-0.3, -0.25) is 14.5 Å². The summed E-state index contributed by atoms with van der Waals surface area (Å²) < 4.78 is 0. The molecule has 0 saturated carbocycles. The highest BCUT2D eigenvalue weighted by Gasteiger charge is 2.18. The average molecular weight is 270 g/mol. The van der Waals surface area contributed by atoms with E-state index in [0.717, 1.165) is 25.9 Å². The molecule has 1 atom stereocenters. The van der Waals surface area contributed by atoms with Gasteiger partial charge in [0.05, 0.1) is 6.54 Å². The molecule has 19 heavy (non-hydrogen) atoms. The van der Waals surface area contributed by atoms with Gasteiger partial charge in [-0.05, 0) is 39.4 Å². The third kappa shape index (κ3) is 7.12. The van der Waals surface area contributed by atoms with Crippen molar-refractivity contribution in [2.45, 2.75) is 32.2 Å². The summed E-state index contributed by atoms with van der Waals surface area (Å²) >= 11 is 0. The fraction of sp³-hybridized carbons (Fsp3) is 0.846. The molecule has 3 N–H and O–H groups in total. The first-order valence-corrected chi connectivity index (χ1v) is 7.01. The highest BCUT2D eigenvalue weighted by atomic mass is 16.2. The van der Waals surface area contributed by atoms with E-state index < -0.39 is 0 Å². The van der Waals surface area contributed by atoms with E-state index in [1.807, 2.05) is 7.05 Å². The molecule has 0 aromatic heterocycles. The quantitative estimate of drug-likeness (QED) is 0.559. The van der Waals surface area contributed by atoms with E-state index in [0.29, 0.717) is 25.7 Å². The van der Waals surface area contributed by atoms with Gasteiger partial charge in [-0.25, -0.2) is 0 Å². The molecule has 2 amide bonds. The predicted octanol–water partition coefficient (Wildman–Crippen LogP) is -0.687. The number of amides is 2. The maximum absolute atomic E-state index is 11.7. The van der Waals surface area contributed by atoms with Crippen LogP contribution in [0.3, 0.4) is 0 Å². The molecule has 1 rings (SSSR count). The molecule has 6 heteroatoms. The third-order valence-electron chi connectivity index (χ3n) is 3.38. The largest absolute Gasteiger partial charge is 0.355 e. The molecule has 0 radical (unpaired) electrons. The molecule has 1 unspecified atom stereocenters. The van der Waals surface area contributed by atoms with Gasteiger partial charge in [-0.1, -0.05) is 0 Å². The van der Waals surface area contributed by atoms with Crippen LogP contribution in [-0.2, 0) is 9.59 Å². The van der Waals surface area contributed by atoms with E-state index >= 15 is 0 Å². The van der Waals surface area contributed by atoms with Gasteiger partial charge in [-0.2, -0.15) is 0 Å². The topological polar surface area (TPSA) is 73.5 Å². The van der Waals surface area contributed by atoms with Crippen molar-refractivity contribution >= 4 is 11.8 Å². The Morgan fingerprint density at radius 3 is 2.68 bits per heavy atom. The van der Waals surface area contributed by atoms with E-state index in [2.05, 4.69) is 20.9 Å². The molecule has 6 nitrogen and oxygen atoms in total. The number of likely N-dealkylation sites (N-methyl/N-ethyl adjacent to an activating group) is 1. The summed E-state index contributed by atoms with van der Waals surface area (Å²) in [5.41, 5.74) is 0. The van der Waals surface area contributed by atoms with Crippen molar-refractivity contribution in [1.82, 2.24) is 20.9 Å². The van der Waals surface area contributed by atoms with Crippen LogP contribution in [0.2, 0.25) is 0 Å². The van der Waals surface area contributed by atoms with Crippen molar-refractivity contribution < 1.29 is 9.59 Å². The molecular formula is C13H26N4O2. The lowest BCUT2D eigenvalue weighted by Crippen LogP contribution is -2.42. The molecule has 1 aliphatic heterocycles. The average Bonchev–Trinajstić information content (AvgIpc) is 2.63. The molecular weight excluding hydrogens is 244 g/mol. The molecule has 0 aromatic rings. The van der Waals surface area contributed by atoms with Crippen LogP contribution in [0.1, 0.15) is 26.2 Å². The first kappa shape index (κ1) is 15.9. The van der Waals surface area contributed by atoms with Gasteiger partial charge in [0.25, 0.3) is 0 Å². The number of carbonyl (C=O) groups excluding carboxylic acids is 2. The van der Waals surface area contributed by atoms with Gasteiger partial charge in [0, 0.05) is 26.1 Å². The lowest BCUT2D eigenvalue weighted by Gasteiger charge is -2.26. The molecule has 1 fully saturated rings. The van der Waals surface area contributed by atoms with Crippen LogP contribution in [0, 0.1) is 0 Å². The zero-order valence-corrected chi connectivity index (χ0v) is 12.0. The monoisotopic (exact) mass is 270 g/mol. The second kappa shape index (κ2) is 8.87. The Morgan fingerprint density at radius 2 is 1.95 bits per heavy atom. The standard InChI is InChI=1S/C13H26N4O2/c1-11(18)15-8-9-16-13(19)10-17(2)12-4-3-6-14-7-5-12/h12,14H,3-10H2,1-2H3,(H,15,18)(H,16,19). The van der Waals surface area contributed by atoms with Crippen LogP contribution in [0.25, 0.3) is 0 Å². The molecule has 110 valence electrons. The normalized spacial score (nSPS) is 19.8. The van der Waals surface area contributed by atoms with Crippen LogP contribution in [-0.4, -0.2) is 62.5 Å². The molecule has 0 aliphatic carbocycles. The lowest BCUT2D eigenvalue weighted by atomic mass is 10.1. The van der Waals surface area contributed by atoms with Crippen LogP contribution in [0.15, 0.2) is 0 Å². The smallest absolute Gasteiger partial charge is 0.234 e. The van der Waals surface area contributed by atoms with Gasteiger partial charge in [-0.15, -0.1) is 0 Å². The number of rotatable bonds is 6. The van der Waals surface area contributed by atoms with Crippen LogP contribution in [0.4, 0.5) is 0 Å². The number of nitrogens with zero attached hydrogens (tertiary/aromatic N) is 1. The van der Waals surface area contributed by atoms with E-state index in [4.69, 9.17) is 0 Å². The Labute approximate surface area is 115 Å². The van der Waals surface area contributed by atoms with Gasteiger partial charge >= 0.3 is 0 Å². The maximum atomic E-state index is 11.7. The summed E-state index contributed by atoms with van der Waals surface area (Å²) in [5.74, 6) is -0.0534. The maximum Gasteiger partial charge on any atom is 0.234 e. The first-order valence-electron chi connectivity index (χ1n) is 7.01. The van der Waals surface area contributed by atoms with E-state index in [1.165, 1.54) is 13.3 Å². The van der Waals surface area contributed by atoms with Crippen molar-refractivity contribution in [2.75, 3.05) is 39.8 Å². The molecule has 0 bridgehead atoms. The molecule has 1 saturated heterocycles. The first-order chi connectivity index (χ1) is 9.09. The van der Waals surface area contributed by atoms with Crippen LogP contribution < -0.4 is 16.0 Å². The Hall–Kier alpha value is -1.14. The number of carbonyl (C=O) groups is 2. The SMILES string of the molecule is CC(=O)NCCNC(=O)CN(C)C1CCCNCC1. The third-order valence-corrected chi connectivity index (χ3v) is 3.38. The molecule has 0 aromatic carbocycles. The fourth-order valence-corrected chi connectivity index (χ4v) is 2.29. The van der Waals surface area contributed by atoms with Gasteiger partial charge in [0.1, 0.15) is 0 Å². The molecule has 1 heterocycles. The second-order valence-electron chi connectivity index (χ2n) is 5.08. The Bertz CT molecular complexity index is 288. The minimum atomic E-state index is -0.0719. The van der Waals surface area contributed by atoms with Gasteiger partial charge in [0.2, 0.25) is 11.8 Å². The Morgan fingerprint density at radius 1 is 1.21 bits per heavy atom. The van der Waals surface area contributed by atoms with Crippen molar-refractivity contribution in [2.24, 2.45) is 0 Å². The van der Waals surface area contributed by atoms with E-state index in [1.54, 1.807) is 0 Å². The van der Waals surface area contributed by atoms with Crippen LogP contribution >= 0.6 is 0 Å². The highest BCUT2D eigenvalue weighted by Crippen LogP contribution is 2.10. The van der Waals surface area contributed by atoms with Gasteiger partial charge < -0.3 is 16.0 Å². The summed E-state index contributed by atoms with van der Waals surface area (Å²) in [4.78, 5) is 24.5. The van der Waals surface area contributed by atoms with Crippen molar-refractivity contribution in [3.05, 3.63) is 0 Å². The Balaban J connectivity index is 2.17. The fourth-order valence-electron chi connectivity index (χ4n) is 2.29. The second-order valence-corrected chi connectivity index (χ2v) is 5.08. The van der Waals surface area contributed by atoms with Crippen molar-refractivity contribution in [3.8, 4) is 0 Å². The van der Waals surface area contributed by atoms with Crippen LogP contribution in [0.5, 0.6) is 0 Å². The van der Waals surface area contributed by atoms with Gasteiger partial charge in [0.15, 0.2) is 0 Å². The minimum Gasteiger partial charge on any atom is -0.355 e. The summed E-state index contributed by atoms with van der Waals surface area (Å²) in [7, 11) is 2.00. The van der Waals surface area contributed by atoms with Crippen molar-refractivity contribution in [3.63, 3.8) is 0 Å². The zero-order valence-electron chi connectivity index (χ0n) is 12.0.